The number of hydrogen-bond donors (Lipinski definition) is 1. The Balaban J connectivity index is 1.93. The highest BCUT2D eigenvalue weighted by atomic mass is 19.4. The molecule has 6 heteroatoms. The van der Waals surface area contributed by atoms with Crippen molar-refractivity contribution in [3.63, 3.8) is 0 Å². The van der Waals surface area contributed by atoms with Crippen LogP contribution in [0.5, 0.6) is 5.75 Å². The van der Waals surface area contributed by atoms with E-state index in [9.17, 15) is 18.0 Å². The molecule has 122 valence electrons. The van der Waals surface area contributed by atoms with E-state index in [1.165, 1.54) is 0 Å². The lowest BCUT2D eigenvalue weighted by atomic mass is 9.80. The summed E-state index contributed by atoms with van der Waals surface area (Å²) in [6, 6.07) is 6.82. The molecule has 1 aliphatic carbocycles. The zero-order valence-electron chi connectivity index (χ0n) is 12.5. The second kappa shape index (κ2) is 7.03. The van der Waals surface area contributed by atoms with E-state index in [0.717, 1.165) is 0 Å². The molecule has 0 radical (unpaired) electrons. The molecule has 1 fully saturated rings. The van der Waals surface area contributed by atoms with Gasteiger partial charge in [0.05, 0.1) is 12.5 Å². The van der Waals surface area contributed by atoms with Crippen molar-refractivity contribution in [3.05, 3.63) is 24.3 Å². The molecular formula is C16H20F3NO2. The van der Waals surface area contributed by atoms with Crippen LogP contribution in [0.4, 0.5) is 18.9 Å². The van der Waals surface area contributed by atoms with Crippen LogP contribution in [-0.2, 0) is 4.79 Å². The Kier molecular flexibility index (Phi) is 5.32. The number of benzene rings is 1. The first-order valence-corrected chi connectivity index (χ1v) is 7.50. The van der Waals surface area contributed by atoms with Crippen LogP contribution < -0.4 is 10.1 Å². The van der Waals surface area contributed by atoms with Gasteiger partial charge < -0.3 is 10.1 Å². The van der Waals surface area contributed by atoms with Gasteiger partial charge in [0.2, 0.25) is 5.91 Å². The number of rotatable bonds is 4. The number of hydrogen-bond acceptors (Lipinski definition) is 2. The number of amides is 1. The molecule has 1 amide bonds. The molecule has 1 aliphatic rings. The van der Waals surface area contributed by atoms with Crippen LogP contribution in [0.25, 0.3) is 0 Å². The van der Waals surface area contributed by atoms with Crippen molar-refractivity contribution >= 4 is 11.6 Å². The lowest BCUT2D eigenvalue weighted by molar-refractivity contribution is -0.185. The average molecular weight is 315 g/mol. The maximum Gasteiger partial charge on any atom is 0.391 e. The monoisotopic (exact) mass is 315 g/mol. The first kappa shape index (κ1) is 16.6. The number of carbonyl (C=O) groups is 1. The normalized spacial score (nSPS) is 22.2. The maximum absolute atomic E-state index is 12.8. The second-order valence-electron chi connectivity index (χ2n) is 5.55. The second-order valence-corrected chi connectivity index (χ2v) is 5.55. The SMILES string of the molecule is CCOc1ccc(NC(=O)C2CCCC(C(F)(F)F)C2)cc1. The van der Waals surface area contributed by atoms with Gasteiger partial charge in [-0.2, -0.15) is 13.2 Å². The fourth-order valence-electron chi connectivity index (χ4n) is 2.77. The Morgan fingerprint density at radius 3 is 2.55 bits per heavy atom. The largest absolute Gasteiger partial charge is 0.494 e. The zero-order chi connectivity index (χ0) is 16.2. The van der Waals surface area contributed by atoms with E-state index in [0.29, 0.717) is 30.9 Å². The molecule has 0 aliphatic heterocycles. The molecular weight excluding hydrogens is 295 g/mol. The third-order valence-electron chi connectivity index (χ3n) is 3.94. The summed E-state index contributed by atoms with van der Waals surface area (Å²) in [5.74, 6) is -1.59. The molecule has 2 unspecified atom stereocenters. The summed E-state index contributed by atoms with van der Waals surface area (Å²) in [7, 11) is 0. The van der Waals surface area contributed by atoms with Crippen molar-refractivity contribution in [2.75, 3.05) is 11.9 Å². The molecule has 2 rings (SSSR count). The van der Waals surface area contributed by atoms with Gasteiger partial charge in [0.25, 0.3) is 0 Å². The number of anilines is 1. The van der Waals surface area contributed by atoms with Crippen LogP contribution >= 0.6 is 0 Å². The number of carbonyl (C=O) groups excluding carboxylic acids is 1. The van der Waals surface area contributed by atoms with Gasteiger partial charge in [0, 0.05) is 11.6 Å². The Morgan fingerprint density at radius 1 is 1.27 bits per heavy atom. The van der Waals surface area contributed by atoms with Gasteiger partial charge in [0.15, 0.2) is 0 Å². The Bertz CT molecular complexity index is 499. The van der Waals surface area contributed by atoms with Crippen molar-refractivity contribution < 1.29 is 22.7 Å². The highest BCUT2D eigenvalue weighted by Crippen LogP contribution is 2.40. The smallest absolute Gasteiger partial charge is 0.391 e. The third-order valence-corrected chi connectivity index (χ3v) is 3.94. The fraction of sp³-hybridized carbons (Fsp3) is 0.562. The average Bonchev–Trinajstić information content (AvgIpc) is 2.49. The number of nitrogens with one attached hydrogen (secondary N) is 1. The third kappa shape index (κ3) is 4.39. The zero-order valence-corrected chi connectivity index (χ0v) is 12.5. The molecule has 0 saturated heterocycles. The van der Waals surface area contributed by atoms with Crippen LogP contribution in [0, 0.1) is 11.8 Å². The predicted molar refractivity (Wildman–Crippen MR) is 77.7 cm³/mol. The van der Waals surface area contributed by atoms with Crippen LogP contribution in [-0.4, -0.2) is 18.7 Å². The number of ether oxygens (including phenoxy) is 1. The van der Waals surface area contributed by atoms with Gasteiger partial charge in [-0.25, -0.2) is 0 Å². The van der Waals surface area contributed by atoms with E-state index >= 15 is 0 Å². The summed E-state index contributed by atoms with van der Waals surface area (Å²) in [6.45, 7) is 2.42. The van der Waals surface area contributed by atoms with Gasteiger partial charge >= 0.3 is 6.18 Å². The molecule has 0 bridgehead atoms. The molecule has 2 atom stereocenters. The summed E-state index contributed by atoms with van der Waals surface area (Å²) >= 11 is 0. The van der Waals surface area contributed by atoms with E-state index in [-0.39, 0.29) is 18.7 Å². The minimum absolute atomic E-state index is 0.119. The summed E-state index contributed by atoms with van der Waals surface area (Å²) in [4.78, 5) is 12.1. The first-order chi connectivity index (χ1) is 10.4. The lowest BCUT2D eigenvalue weighted by Crippen LogP contribution is -2.34. The van der Waals surface area contributed by atoms with Gasteiger partial charge in [-0.05, 0) is 50.5 Å². The summed E-state index contributed by atoms with van der Waals surface area (Å²) in [5.41, 5.74) is 0.572. The van der Waals surface area contributed by atoms with Crippen molar-refractivity contribution in [3.8, 4) is 5.75 Å². The highest BCUT2D eigenvalue weighted by molar-refractivity contribution is 5.92. The van der Waals surface area contributed by atoms with E-state index in [1.54, 1.807) is 24.3 Å². The maximum atomic E-state index is 12.8. The molecule has 0 aromatic heterocycles. The fourth-order valence-corrected chi connectivity index (χ4v) is 2.77. The van der Waals surface area contributed by atoms with Crippen LogP contribution in [0.3, 0.4) is 0 Å². The van der Waals surface area contributed by atoms with Crippen LogP contribution in [0.15, 0.2) is 24.3 Å². The van der Waals surface area contributed by atoms with Gasteiger partial charge in [-0.3, -0.25) is 4.79 Å². The topological polar surface area (TPSA) is 38.3 Å². The van der Waals surface area contributed by atoms with Crippen molar-refractivity contribution in [1.82, 2.24) is 0 Å². The summed E-state index contributed by atoms with van der Waals surface area (Å²) < 4.78 is 43.6. The van der Waals surface area contributed by atoms with Crippen molar-refractivity contribution in [1.29, 1.82) is 0 Å². The molecule has 0 spiro atoms. The first-order valence-electron chi connectivity index (χ1n) is 7.50. The van der Waals surface area contributed by atoms with Gasteiger partial charge in [-0.1, -0.05) is 6.42 Å². The van der Waals surface area contributed by atoms with Crippen molar-refractivity contribution in [2.45, 2.75) is 38.8 Å². The molecule has 0 heterocycles. The number of alkyl halides is 3. The molecule has 1 saturated carbocycles. The van der Waals surface area contributed by atoms with Gasteiger partial charge in [0.1, 0.15) is 5.75 Å². The minimum Gasteiger partial charge on any atom is -0.494 e. The predicted octanol–water partition coefficient (Wildman–Crippen LogP) is 4.39. The quantitative estimate of drug-likeness (QED) is 0.894. The van der Waals surface area contributed by atoms with Gasteiger partial charge in [-0.15, -0.1) is 0 Å². The Morgan fingerprint density at radius 2 is 1.95 bits per heavy atom. The Labute approximate surface area is 127 Å². The lowest BCUT2D eigenvalue weighted by Gasteiger charge is -2.29. The molecule has 3 nitrogen and oxygen atoms in total. The van der Waals surface area contributed by atoms with E-state index in [4.69, 9.17) is 4.74 Å². The van der Waals surface area contributed by atoms with Crippen LogP contribution in [0.1, 0.15) is 32.6 Å². The molecule has 1 aromatic carbocycles. The number of halogens is 3. The summed E-state index contributed by atoms with van der Waals surface area (Å²) in [5, 5.41) is 2.69. The minimum atomic E-state index is -4.21. The standard InChI is InChI=1S/C16H20F3NO2/c1-2-22-14-8-6-13(7-9-14)20-15(21)11-4-3-5-12(10-11)16(17,18)19/h6-9,11-12H,2-5,10H2,1H3,(H,20,21). The van der Waals surface area contributed by atoms with Crippen molar-refractivity contribution in [2.24, 2.45) is 11.8 Å². The van der Waals surface area contributed by atoms with E-state index in [2.05, 4.69) is 5.32 Å². The molecule has 1 N–H and O–H groups in total. The summed E-state index contributed by atoms with van der Waals surface area (Å²) in [6.07, 6.45) is -3.26. The molecule has 22 heavy (non-hydrogen) atoms. The van der Waals surface area contributed by atoms with E-state index < -0.39 is 18.0 Å². The van der Waals surface area contributed by atoms with E-state index in [1.807, 2.05) is 6.92 Å². The highest BCUT2D eigenvalue weighted by Gasteiger charge is 2.43. The Hall–Kier alpha value is -1.72. The van der Waals surface area contributed by atoms with Crippen LogP contribution in [0.2, 0.25) is 0 Å². The molecule has 1 aromatic rings.